The molecule has 0 aliphatic heterocycles. The van der Waals surface area contributed by atoms with E-state index in [2.05, 4.69) is 14.7 Å². The summed E-state index contributed by atoms with van der Waals surface area (Å²) < 4.78 is 27.2. The van der Waals surface area contributed by atoms with Gasteiger partial charge in [-0.2, -0.15) is 4.98 Å². The minimum absolute atomic E-state index is 0.0203. The first-order valence-electron chi connectivity index (χ1n) is 4.23. The Hall–Kier alpha value is -1.44. The molecule has 1 aromatic heterocycles. The Morgan fingerprint density at radius 3 is 2.67 bits per heavy atom. The molecule has 1 amide bonds. The molecule has 84 valence electrons. The number of rotatable bonds is 5. The molecule has 0 aromatic carbocycles. The van der Waals surface area contributed by atoms with E-state index in [0.717, 1.165) is 0 Å². The summed E-state index contributed by atoms with van der Waals surface area (Å²) in [6.07, 6.45) is 0.555. The van der Waals surface area contributed by atoms with Crippen molar-refractivity contribution in [1.82, 2.24) is 10.1 Å². The number of nitrogens with zero attached hydrogens (tertiary/aromatic N) is 2. The van der Waals surface area contributed by atoms with Crippen LogP contribution in [0.25, 0.3) is 0 Å². The molecule has 0 atom stereocenters. The fourth-order valence-electron chi connectivity index (χ4n) is 0.948. The molecule has 0 unspecified atom stereocenters. The van der Waals surface area contributed by atoms with Crippen molar-refractivity contribution in [3.63, 3.8) is 0 Å². The van der Waals surface area contributed by atoms with E-state index in [4.69, 9.17) is 5.73 Å². The molecule has 0 aliphatic rings. The zero-order chi connectivity index (χ0) is 11.5. The Balaban J connectivity index is 2.73. The van der Waals surface area contributed by atoms with Crippen LogP contribution in [0, 0.1) is 0 Å². The number of aromatic nitrogens is 2. The van der Waals surface area contributed by atoms with Gasteiger partial charge in [-0.3, -0.25) is 4.79 Å². The molecule has 15 heavy (non-hydrogen) atoms. The minimum atomic E-state index is -3.60. The molecule has 0 radical (unpaired) electrons. The Bertz CT molecular complexity index is 451. The normalized spacial score (nSPS) is 11.5. The number of primary amides is 1. The van der Waals surface area contributed by atoms with Gasteiger partial charge in [0.05, 0.1) is 0 Å². The van der Waals surface area contributed by atoms with Crippen molar-refractivity contribution in [2.45, 2.75) is 19.1 Å². The van der Waals surface area contributed by atoms with Crippen LogP contribution in [0.5, 0.6) is 0 Å². The molecule has 2 N–H and O–H groups in total. The van der Waals surface area contributed by atoms with Crippen LogP contribution in [0.4, 0.5) is 0 Å². The van der Waals surface area contributed by atoms with Gasteiger partial charge in [-0.15, -0.1) is 0 Å². The van der Waals surface area contributed by atoms with Crippen molar-refractivity contribution in [1.29, 1.82) is 0 Å². The first-order valence-corrected chi connectivity index (χ1v) is 6.05. The molecule has 8 heteroatoms. The number of hydrogen-bond donors (Lipinski definition) is 1. The number of hydrogen-bond acceptors (Lipinski definition) is 6. The van der Waals surface area contributed by atoms with E-state index < -0.39 is 27.3 Å². The van der Waals surface area contributed by atoms with E-state index in [1.165, 1.54) is 0 Å². The highest BCUT2D eigenvalue weighted by Gasteiger charge is 2.19. The summed E-state index contributed by atoms with van der Waals surface area (Å²) in [5.41, 5.74) is 4.78. The SMILES string of the molecule is CCc1noc(CS(=O)(=O)CC(N)=O)n1. The summed E-state index contributed by atoms with van der Waals surface area (Å²) >= 11 is 0. The predicted octanol–water partition coefficient (Wildman–Crippen LogP) is -0.968. The third-order valence-corrected chi connectivity index (χ3v) is 2.94. The van der Waals surface area contributed by atoms with Crippen LogP contribution < -0.4 is 5.73 Å². The number of carbonyl (C=O) groups excluding carboxylic acids is 1. The quantitative estimate of drug-likeness (QED) is 0.699. The molecular weight excluding hydrogens is 222 g/mol. The van der Waals surface area contributed by atoms with Crippen molar-refractivity contribution in [3.8, 4) is 0 Å². The van der Waals surface area contributed by atoms with Gasteiger partial charge in [0, 0.05) is 6.42 Å². The van der Waals surface area contributed by atoms with Crippen LogP contribution in [-0.4, -0.2) is 30.2 Å². The van der Waals surface area contributed by atoms with Crippen LogP contribution in [-0.2, 0) is 26.8 Å². The molecule has 0 spiro atoms. The van der Waals surface area contributed by atoms with Crippen LogP contribution in [0.2, 0.25) is 0 Å². The van der Waals surface area contributed by atoms with Gasteiger partial charge in [-0.25, -0.2) is 8.42 Å². The molecule has 1 rings (SSSR count). The Kier molecular flexibility index (Phi) is 3.40. The number of nitrogens with two attached hydrogens (primary N) is 1. The molecule has 0 aliphatic carbocycles. The zero-order valence-electron chi connectivity index (χ0n) is 8.13. The largest absolute Gasteiger partial charge is 0.369 e. The maximum absolute atomic E-state index is 11.3. The Morgan fingerprint density at radius 2 is 2.20 bits per heavy atom. The summed E-state index contributed by atoms with van der Waals surface area (Å²) in [7, 11) is -3.60. The highest BCUT2D eigenvalue weighted by atomic mass is 32.2. The molecule has 1 heterocycles. The minimum Gasteiger partial charge on any atom is -0.369 e. The van der Waals surface area contributed by atoms with Crippen molar-refractivity contribution in [2.75, 3.05) is 5.75 Å². The molecule has 7 nitrogen and oxygen atoms in total. The van der Waals surface area contributed by atoms with Crippen LogP contribution in [0.15, 0.2) is 4.52 Å². The van der Waals surface area contributed by atoms with Crippen LogP contribution in [0.1, 0.15) is 18.6 Å². The van der Waals surface area contributed by atoms with Crippen molar-refractivity contribution >= 4 is 15.7 Å². The lowest BCUT2D eigenvalue weighted by molar-refractivity contribution is -0.115. The monoisotopic (exact) mass is 233 g/mol. The average Bonchev–Trinajstić information content (AvgIpc) is 2.48. The van der Waals surface area contributed by atoms with Crippen molar-refractivity contribution < 1.29 is 17.7 Å². The molecule has 1 aromatic rings. The standard InChI is InChI=1S/C7H11N3O4S/c1-2-6-9-7(14-10-6)4-15(12,13)3-5(8)11/h2-4H2,1H3,(H2,8,11). The van der Waals surface area contributed by atoms with Crippen LogP contribution in [0.3, 0.4) is 0 Å². The van der Waals surface area contributed by atoms with Gasteiger partial charge >= 0.3 is 0 Å². The highest BCUT2D eigenvalue weighted by molar-refractivity contribution is 7.91. The smallest absolute Gasteiger partial charge is 0.241 e. The fraction of sp³-hybridized carbons (Fsp3) is 0.571. The predicted molar refractivity (Wildman–Crippen MR) is 50.4 cm³/mol. The van der Waals surface area contributed by atoms with Gasteiger partial charge in [0.25, 0.3) is 0 Å². The highest BCUT2D eigenvalue weighted by Crippen LogP contribution is 2.04. The Labute approximate surface area is 86.6 Å². The first-order chi connectivity index (χ1) is 6.93. The van der Waals surface area contributed by atoms with E-state index in [1.54, 1.807) is 0 Å². The van der Waals surface area contributed by atoms with Gasteiger partial charge < -0.3 is 10.3 Å². The molecule has 0 saturated heterocycles. The summed E-state index contributed by atoms with van der Waals surface area (Å²) in [5, 5.41) is 3.53. The average molecular weight is 233 g/mol. The Morgan fingerprint density at radius 1 is 1.53 bits per heavy atom. The fourth-order valence-corrected chi connectivity index (χ4v) is 1.98. The van der Waals surface area contributed by atoms with E-state index in [-0.39, 0.29) is 5.89 Å². The molecular formula is C7H11N3O4S. The second-order valence-corrected chi connectivity index (χ2v) is 5.02. The molecule has 0 saturated carbocycles. The van der Waals surface area contributed by atoms with Gasteiger partial charge in [0.15, 0.2) is 15.7 Å². The number of aryl methyl sites for hydroxylation is 1. The zero-order valence-corrected chi connectivity index (χ0v) is 8.95. The van der Waals surface area contributed by atoms with Crippen molar-refractivity contribution in [2.24, 2.45) is 5.73 Å². The summed E-state index contributed by atoms with van der Waals surface area (Å²) in [6.45, 7) is 1.81. The van der Waals surface area contributed by atoms with E-state index in [0.29, 0.717) is 12.2 Å². The van der Waals surface area contributed by atoms with Gasteiger partial charge in [0.2, 0.25) is 11.8 Å². The van der Waals surface area contributed by atoms with Gasteiger partial charge in [-0.05, 0) is 0 Å². The lowest BCUT2D eigenvalue weighted by Gasteiger charge is -1.96. The number of amides is 1. The van der Waals surface area contributed by atoms with Crippen molar-refractivity contribution in [3.05, 3.63) is 11.7 Å². The van der Waals surface area contributed by atoms with Gasteiger partial charge in [-0.1, -0.05) is 12.1 Å². The van der Waals surface area contributed by atoms with E-state index >= 15 is 0 Å². The topological polar surface area (TPSA) is 116 Å². The third kappa shape index (κ3) is 3.66. The summed E-state index contributed by atoms with van der Waals surface area (Å²) in [6, 6.07) is 0. The second-order valence-electron chi connectivity index (χ2n) is 2.96. The van der Waals surface area contributed by atoms with E-state index in [9.17, 15) is 13.2 Å². The number of carbonyl (C=O) groups is 1. The van der Waals surface area contributed by atoms with E-state index in [1.807, 2.05) is 6.92 Å². The lowest BCUT2D eigenvalue weighted by atomic mass is 10.5. The molecule has 0 bridgehead atoms. The maximum Gasteiger partial charge on any atom is 0.241 e. The summed E-state index contributed by atoms with van der Waals surface area (Å²) in [5.74, 6) is -1.66. The lowest BCUT2D eigenvalue weighted by Crippen LogP contribution is -2.24. The van der Waals surface area contributed by atoms with Crippen LogP contribution >= 0.6 is 0 Å². The van der Waals surface area contributed by atoms with Gasteiger partial charge in [0.1, 0.15) is 11.5 Å². The molecule has 0 fully saturated rings. The number of sulfone groups is 1. The second kappa shape index (κ2) is 4.39. The third-order valence-electron chi connectivity index (χ3n) is 1.53. The maximum atomic E-state index is 11.3. The first kappa shape index (κ1) is 11.6. The summed E-state index contributed by atoms with van der Waals surface area (Å²) in [4.78, 5) is 14.3.